The normalized spacial score (nSPS) is 17.0. The van der Waals surface area contributed by atoms with E-state index in [4.69, 9.17) is 14.6 Å². The molecule has 3 rings (SSSR count). The monoisotopic (exact) mass is 388 g/mol. The number of aliphatic carboxylic acids is 1. The maximum absolute atomic E-state index is 12.9. The molecule has 1 saturated heterocycles. The summed E-state index contributed by atoms with van der Waals surface area (Å²) in [5.41, 5.74) is 1.63. The van der Waals surface area contributed by atoms with Gasteiger partial charge in [0.2, 0.25) is 0 Å². The number of rotatable bonds is 6. The predicted molar refractivity (Wildman–Crippen MR) is 99.8 cm³/mol. The van der Waals surface area contributed by atoms with E-state index in [1.807, 2.05) is 38.1 Å². The number of hydrogen-bond acceptors (Lipinski definition) is 6. The molecule has 9 heteroatoms. The van der Waals surface area contributed by atoms with E-state index >= 15 is 0 Å². The van der Waals surface area contributed by atoms with Crippen molar-refractivity contribution in [3.8, 4) is 11.4 Å². The molecule has 1 unspecified atom stereocenters. The molecule has 1 aliphatic rings. The molecule has 0 spiro atoms. The molecule has 1 aromatic carbocycles. The summed E-state index contributed by atoms with van der Waals surface area (Å²) < 4.78 is 12.7. The highest BCUT2D eigenvalue weighted by molar-refractivity contribution is 5.93. The van der Waals surface area contributed by atoms with Crippen molar-refractivity contribution in [3.05, 3.63) is 35.7 Å². The summed E-state index contributed by atoms with van der Waals surface area (Å²) in [5.74, 6) is -0.473. The lowest BCUT2D eigenvalue weighted by atomic mass is 10.2. The van der Waals surface area contributed by atoms with Crippen molar-refractivity contribution >= 4 is 11.9 Å². The van der Waals surface area contributed by atoms with Crippen LogP contribution in [-0.2, 0) is 9.53 Å². The summed E-state index contributed by atoms with van der Waals surface area (Å²) >= 11 is 0. The summed E-state index contributed by atoms with van der Waals surface area (Å²) in [6, 6.07) is 7.39. The summed E-state index contributed by atoms with van der Waals surface area (Å²) in [6.45, 7) is 6.61. The first-order valence-electron chi connectivity index (χ1n) is 9.17. The highest BCUT2D eigenvalue weighted by atomic mass is 16.5. The van der Waals surface area contributed by atoms with Crippen LogP contribution in [0.2, 0.25) is 0 Å². The van der Waals surface area contributed by atoms with Crippen molar-refractivity contribution in [1.29, 1.82) is 0 Å². The summed E-state index contributed by atoms with van der Waals surface area (Å²) in [4.78, 5) is 25.3. The summed E-state index contributed by atoms with van der Waals surface area (Å²) in [6.07, 6.45) is -0.569. The third kappa shape index (κ3) is 4.48. The highest BCUT2D eigenvalue weighted by Crippen LogP contribution is 2.19. The highest BCUT2D eigenvalue weighted by Gasteiger charge is 2.29. The number of carboxylic acids is 1. The summed E-state index contributed by atoms with van der Waals surface area (Å²) in [7, 11) is 0. The predicted octanol–water partition coefficient (Wildman–Crippen LogP) is 1.68. The molecule has 9 nitrogen and oxygen atoms in total. The number of morpholine rings is 1. The number of aromatic nitrogens is 3. The van der Waals surface area contributed by atoms with Crippen LogP contribution in [0, 0.1) is 6.92 Å². The minimum Gasteiger partial charge on any atom is -0.491 e. The van der Waals surface area contributed by atoms with E-state index in [9.17, 15) is 9.59 Å². The fraction of sp³-hybridized carbons (Fsp3) is 0.474. The van der Waals surface area contributed by atoms with Crippen LogP contribution in [0.4, 0.5) is 0 Å². The van der Waals surface area contributed by atoms with Crippen LogP contribution in [0.25, 0.3) is 5.69 Å². The standard InChI is InChI=1S/C19H24N4O5/c1-12(2)28-15-6-4-14(5-7-15)23-13(3)18(20-21-23)19(26)22-8-9-27-16(11-22)10-17(24)25/h4-7,12,16H,8-11H2,1-3H3,(H,24,25). The average Bonchev–Trinajstić information content (AvgIpc) is 3.02. The fourth-order valence-corrected chi connectivity index (χ4v) is 3.08. The van der Waals surface area contributed by atoms with Crippen molar-refractivity contribution < 1.29 is 24.2 Å². The third-order valence-electron chi connectivity index (χ3n) is 4.38. The first-order valence-corrected chi connectivity index (χ1v) is 9.17. The van der Waals surface area contributed by atoms with Crippen LogP contribution in [0.3, 0.4) is 0 Å². The Morgan fingerprint density at radius 2 is 2.04 bits per heavy atom. The van der Waals surface area contributed by atoms with Gasteiger partial charge < -0.3 is 19.5 Å². The average molecular weight is 388 g/mol. The van der Waals surface area contributed by atoms with Gasteiger partial charge in [0, 0.05) is 13.1 Å². The Hall–Kier alpha value is -2.94. The zero-order chi connectivity index (χ0) is 20.3. The SMILES string of the molecule is Cc1c(C(=O)N2CCOC(CC(=O)O)C2)nnn1-c1ccc(OC(C)C)cc1. The van der Waals surface area contributed by atoms with Crippen LogP contribution < -0.4 is 4.74 Å². The van der Waals surface area contributed by atoms with E-state index < -0.39 is 12.1 Å². The second kappa shape index (κ2) is 8.39. The van der Waals surface area contributed by atoms with E-state index in [2.05, 4.69) is 10.3 Å². The molecule has 2 aromatic rings. The van der Waals surface area contributed by atoms with Crippen molar-refractivity contribution in [2.75, 3.05) is 19.7 Å². The van der Waals surface area contributed by atoms with Crippen LogP contribution in [0.1, 0.15) is 36.5 Å². The number of ether oxygens (including phenoxy) is 2. The number of benzene rings is 1. The molecule has 150 valence electrons. The largest absolute Gasteiger partial charge is 0.491 e. The minimum atomic E-state index is -0.952. The lowest BCUT2D eigenvalue weighted by molar-refractivity contribution is -0.141. The van der Waals surface area contributed by atoms with Gasteiger partial charge in [-0.25, -0.2) is 4.68 Å². The van der Waals surface area contributed by atoms with Gasteiger partial charge in [-0.1, -0.05) is 5.21 Å². The van der Waals surface area contributed by atoms with Crippen LogP contribution in [0.5, 0.6) is 5.75 Å². The Morgan fingerprint density at radius 1 is 1.32 bits per heavy atom. The number of carbonyl (C=O) groups is 2. The molecule has 0 aliphatic carbocycles. The molecule has 0 saturated carbocycles. The topological polar surface area (TPSA) is 107 Å². The molecular weight excluding hydrogens is 364 g/mol. The molecule has 0 radical (unpaired) electrons. The van der Waals surface area contributed by atoms with Gasteiger partial charge in [0.25, 0.3) is 5.91 Å². The summed E-state index contributed by atoms with van der Waals surface area (Å²) in [5, 5.41) is 17.1. The van der Waals surface area contributed by atoms with Crippen molar-refractivity contribution in [1.82, 2.24) is 19.9 Å². The minimum absolute atomic E-state index is 0.0849. The number of carboxylic acid groups (broad SMARTS) is 1. The Labute approximate surface area is 162 Å². The molecule has 1 aromatic heterocycles. The van der Waals surface area contributed by atoms with Crippen molar-refractivity contribution in [2.45, 2.75) is 39.4 Å². The Bertz CT molecular complexity index is 847. The van der Waals surface area contributed by atoms with Gasteiger partial charge in [0.1, 0.15) is 5.75 Å². The second-order valence-corrected chi connectivity index (χ2v) is 6.94. The van der Waals surface area contributed by atoms with Gasteiger partial charge in [0.05, 0.1) is 36.6 Å². The Morgan fingerprint density at radius 3 is 2.68 bits per heavy atom. The maximum Gasteiger partial charge on any atom is 0.306 e. The van der Waals surface area contributed by atoms with E-state index in [0.29, 0.717) is 18.8 Å². The van der Waals surface area contributed by atoms with E-state index in [0.717, 1.165) is 11.4 Å². The number of carbonyl (C=O) groups excluding carboxylic acids is 1. The number of hydrogen-bond donors (Lipinski definition) is 1. The van der Waals surface area contributed by atoms with Gasteiger partial charge in [-0.15, -0.1) is 5.10 Å². The number of amides is 1. The Kier molecular flexibility index (Phi) is 5.93. The molecule has 1 amide bonds. The molecule has 1 aliphatic heterocycles. The smallest absolute Gasteiger partial charge is 0.306 e. The number of nitrogens with zero attached hydrogens (tertiary/aromatic N) is 4. The van der Waals surface area contributed by atoms with E-state index in [1.54, 1.807) is 16.5 Å². The first kappa shape index (κ1) is 19.8. The molecule has 0 bridgehead atoms. The van der Waals surface area contributed by atoms with Gasteiger partial charge in [-0.3, -0.25) is 9.59 Å². The van der Waals surface area contributed by atoms with Crippen LogP contribution >= 0.6 is 0 Å². The maximum atomic E-state index is 12.9. The first-order chi connectivity index (χ1) is 13.3. The van der Waals surface area contributed by atoms with Gasteiger partial charge in [-0.2, -0.15) is 0 Å². The molecule has 1 N–H and O–H groups in total. The molecule has 1 atom stereocenters. The van der Waals surface area contributed by atoms with E-state index in [1.165, 1.54) is 0 Å². The molecular formula is C19H24N4O5. The van der Waals surface area contributed by atoms with Crippen molar-refractivity contribution in [2.24, 2.45) is 0 Å². The van der Waals surface area contributed by atoms with Gasteiger partial charge >= 0.3 is 5.97 Å². The molecule has 2 heterocycles. The van der Waals surface area contributed by atoms with Gasteiger partial charge in [0.15, 0.2) is 5.69 Å². The lowest BCUT2D eigenvalue weighted by Gasteiger charge is -2.31. The second-order valence-electron chi connectivity index (χ2n) is 6.94. The van der Waals surface area contributed by atoms with E-state index in [-0.39, 0.29) is 30.7 Å². The van der Waals surface area contributed by atoms with Gasteiger partial charge in [-0.05, 0) is 45.0 Å². The zero-order valence-corrected chi connectivity index (χ0v) is 16.2. The molecule has 28 heavy (non-hydrogen) atoms. The van der Waals surface area contributed by atoms with Crippen molar-refractivity contribution in [3.63, 3.8) is 0 Å². The third-order valence-corrected chi connectivity index (χ3v) is 4.38. The molecule has 1 fully saturated rings. The Balaban J connectivity index is 1.75. The van der Waals surface area contributed by atoms with Crippen LogP contribution in [0.15, 0.2) is 24.3 Å². The zero-order valence-electron chi connectivity index (χ0n) is 16.2. The van der Waals surface area contributed by atoms with Crippen LogP contribution in [-0.4, -0.2) is 68.8 Å². The fourth-order valence-electron chi connectivity index (χ4n) is 3.08. The quantitative estimate of drug-likeness (QED) is 0.802. The lowest BCUT2D eigenvalue weighted by Crippen LogP contribution is -2.46.